The molecule has 0 N–H and O–H groups in total. The van der Waals surface area contributed by atoms with Gasteiger partial charge in [-0.25, -0.2) is 8.42 Å². The predicted octanol–water partition coefficient (Wildman–Crippen LogP) is 3.78. The Morgan fingerprint density at radius 2 is 1.70 bits per heavy atom. The first-order chi connectivity index (χ1) is 10.4. The van der Waals surface area contributed by atoms with Crippen molar-refractivity contribution in [3.8, 4) is 0 Å². The molecule has 0 saturated carbocycles. The third-order valence-electron chi connectivity index (χ3n) is 5.21. The van der Waals surface area contributed by atoms with Gasteiger partial charge in [0.15, 0.2) is 8.32 Å². The third-order valence-corrected chi connectivity index (χ3v) is 11.7. The SMILES string of the molecule is Cc1ccc(S(=O)(=O)N2[C@@H](C)[C@@H]2CO[Si](C)(C)C(C)(C)C)cc1. The lowest BCUT2D eigenvalue weighted by atomic mass is 10.2. The van der Waals surface area contributed by atoms with E-state index in [2.05, 4.69) is 33.9 Å². The van der Waals surface area contributed by atoms with Crippen molar-refractivity contribution in [2.24, 2.45) is 0 Å². The lowest BCUT2D eigenvalue weighted by molar-refractivity contribution is 0.280. The average molecular weight is 356 g/mol. The van der Waals surface area contributed by atoms with Gasteiger partial charge in [-0.1, -0.05) is 38.5 Å². The highest BCUT2D eigenvalue weighted by molar-refractivity contribution is 7.89. The zero-order chi connectivity index (χ0) is 17.6. The fourth-order valence-corrected chi connectivity index (χ4v) is 5.20. The molecule has 0 amide bonds. The fraction of sp³-hybridized carbons (Fsp3) is 0.647. The molecule has 4 nitrogen and oxygen atoms in total. The van der Waals surface area contributed by atoms with Crippen molar-refractivity contribution in [1.82, 2.24) is 4.31 Å². The van der Waals surface area contributed by atoms with Crippen LogP contribution in [0.5, 0.6) is 0 Å². The third kappa shape index (κ3) is 3.70. The first-order valence-electron chi connectivity index (χ1n) is 8.12. The molecule has 0 bridgehead atoms. The Morgan fingerprint density at radius 3 is 2.17 bits per heavy atom. The lowest BCUT2D eigenvalue weighted by Crippen LogP contribution is -2.42. The van der Waals surface area contributed by atoms with Gasteiger partial charge in [0.25, 0.3) is 0 Å². The molecule has 1 aliphatic rings. The summed E-state index contributed by atoms with van der Waals surface area (Å²) in [5, 5.41) is 0.131. The Bertz CT molecular complexity index is 662. The monoisotopic (exact) mass is 355 g/mol. The van der Waals surface area contributed by atoms with Gasteiger partial charge >= 0.3 is 0 Å². The predicted molar refractivity (Wildman–Crippen MR) is 96.6 cm³/mol. The lowest BCUT2D eigenvalue weighted by Gasteiger charge is -2.36. The maximum Gasteiger partial charge on any atom is 0.243 e. The van der Waals surface area contributed by atoms with E-state index in [-0.39, 0.29) is 17.1 Å². The van der Waals surface area contributed by atoms with E-state index in [4.69, 9.17) is 4.43 Å². The molecule has 6 heteroatoms. The number of benzene rings is 1. The van der Waals surface area contributed by atoms with Crippen LogP contribution in [0.1, 0.15) is 33.3 Å². The largest absolute Gasteiger partial charge is 0.415 e. The van der Waals surface area contributed by atoms with Crippen molar-refractivity contribution in [1.29, 1.82) is 0 Å². The quantitative estimate of drug-likeness (QED) is 0.596. The Morgan fingerprint density at radius 1 is 1.17 bits per heavy atom. The van der Waals surface area contributed by atoms with Crippen molar-refractivity contribution in [3.63, 3.8) is 0 Å². The van der Waals surface area contributed by atoms with E-state index >= 15 is 0 Å². The van der Waals surface area contributed by atoms with E-state index < -0.39 is 18.3 Å². The standard InChI is InChI=1S/C17H29NO3SSi/c1-13-8-10-15(11-9-13)22(19,20)18-14(2)16(18)12-21-23(6,7)17(3,4)5/h8-11,14,16H,12H2,1-7H3/t14-,16-,18?/m0/s1. The number of nitrogens with zero attached hydrogens (tertiary/aromatic N) is 1. The minimum Gasteiger partial charge on any atom is -0.415 e. The highest BCUT2D eigenvalue weighted by atomic mass is 32.2. The molecule has 1 fully saturated rings. The summed E-state index contributed by atoms with van der Waals surface area (Å²) in [6, 6.07) is 6.99. The van der Waals surface area contributed by atoms with E-state index in [0.717, 1.165) is 5.56 Å². The smallest absolute Gasteiger partial charge is 0.243 e. The highest BCUT2D eigenvalue weighted by Crippen LogP contribution is 2.40. The second kappa shape index (κ2) is 5.99. The van der Waals surface area contributed by atoms with Gasteiger partial charge in [0.2, 0.25) is 10.0 Å². The molecule has 2 rings (SSSR count). The molecule has 3 atom stereocenters. The van der Waals surface area contributed by atoms with Crippen LogP contribution in [0.3, 0.4) is 0 Å². The molecule has 0 aromatic heterocycles. The molecule has 1 saturated heterocycles. The van der Waals surface area contributed by atoms with Crippen LogP contribution in [-0.2, 0) is 14.4 Å². The summed E-state index contributed by atoms with van der Waals surface area (Å²) in [5.41, 5.74) is 1.06. The minimum absolute atomic E-state index is 0.00562. The summed E-state index contributed by atoms with van der Waals surface area (Å²) in [6.07, 6.45) is 0. The molecule has 1 aliphatic heterocycles. The number of hydrogen-bond donors (Lipinski definition) is 0. The van der Waals surface area contributed by atoms with Gasteiger partial charge in [-0.2, -0.15) is 4.31 Å². The van der Waals surface area contributed by atoms with Gasteiger partial charge in [0.1, 0.15) is 0 Å². The van der Waals surface area contributed by atoms with Crippen molar-refractivity contribution < 1.29 is 12.8 Å². The van der Waals surface area contributed by atoms with Gasteiger partial charge in [0, 0.05) is 6.04 Å². The molecule has 1 aromatic carbocycles. The average Bonchev–Trinajstić information content (AvgIpc) is 3.07. The number of rotatable bonds is 5. The molecule has 0 spiro atoms. The molecule has 0 aliphatic carbocycles. The molecular weight excluding hydrogens is 326 g/mol. The fourth-order valence-electron chi connectivity index (χ4n) is 2.34. The minimum atomic E-state index is -3.42. The first kappa shape index (κ1) is 18.6. The van der Waals surface area contributed by atoms with Crippen molar-refractivity contribution in [2.45, 2.75) is 69.7 Å². The van der Waals surface area contributed by atoms with Gasteiger partial charge < -0.3 is 4.43 Å². The van der Waals surface area contributed by atoms with E-state index in [1.54, 1.807) is 16.4 Å². The zero-order valence-corrected chi connectivity index (χ0v) is 17.1. The molecule has 23 heavy (non-hydrogen) atoms. The van der Waals surface area contributed by atoms with Crippen molar-refractivity contribution >= 4 is 18.3 Å². The van der Waals surface area contributed by atoms with Crippen LogP contribution in [0, 0.1) is 6.92 Å². The molecular formula is C17H29NO3SSi. The maximum atomic E-state index is 12.7. The van der Waals surface area contributed by atoms with E-state index in [1.807, 2.05) is 26.0 Å². The van der Waals surface area contributed by atoms with Gasteiger partial charge in [-0.3, -0.25) is 0 Å². The summed E-state index contributed by atoms with van der Waals surface area (Å²) >= 11 is 0. The summed E-state index contributed by atoms with van der Waals surface area (Å²) < 4.78 is 33.2. The Labute approximate surface area is 142 Å². The van der Waals surface area contributed by atoms with Crippen molar-refractivity contribution in [3.05, 3.63) is 29.8 Å². The number of aryl methyl sites for hydroxylation is 1. The molecule has 130 valence electrons. The Balaban J connectivity index is 2.07. The Hall–Kier alpha value is -0.693. The molecule has 1 aromatic rings. The van der Waals surface area contributed by atoms with Crippen LogP contribution in [0.15, 0.2) is 29.2 Å². The van der Waals surface area contributed by atoms with Crippen LogP contribution in [0.4, 0.5) is 0 Å². The summed E-state index contributed by atoms with van der Waals surface area (Å²) in [6.45, 7) is 15.3. The Kier molecular flexibility index (Phi) is 4.85. The molecule has 0 radical (unpaired) electrons. The zero-order valence-electron chi connectivity index (χ0n) is 15.3. The number of hydrogen-bond acceptors (Lipinski definition) is 3. The second-order valence-corrected chi connectivity index (χ2v) is 14.7. The number of sulfonamides is 1. The maximum absolute atomic E-state index is 12.7. The molecule has 1 heterocycles. The van der Waals surface area contributed by atoms with Gasteiger partial charge in [-0.05, 0) is 44.1 Å². The summed E-state index contributed by atoms with van der Waals surface area (Å²) in [4.78, 5) is 0.366. The van der Waals surface area contributed by atoms with Crippen LogP contribution in [-0.4, -0.2) is 39.7 Å². The van der Waals surface area contributed by atoms with E-state index in [1.165, 1.54) is 0 Å². The van der Waals surface area contributed by atoms with Crippen LogP contribution in [0.2, 0.25) is 18.1 Å². The summed E-state index contributed by atoms with van der Waals surface area (Å²) in [7, 11) is -5.27. The highest BCUT2D eigenvalue weighted by Gasteiger charge is 2.53. The van der Waals surface area contributed by atoms with Crippen LogP contribution >= 0.6 is 0 Å². The van der Waals surface area contributed by atoms with Crippen LogP contribution < -0.4 is 0 Å². The normalized spacial score (nSPS) is 25.4. The van der Waals surface area contributed by atoms with E-state index in [0.29, 0.717) is 11.5 Å². The van der Waals surface area contributed by atoms with Gasteiger partial charge in [-0.15, -0.1) is 0 Å². The molecule has 1 unspecified atom stereocenters. The van der Waals surface area contributed by atoms with Crippen LogP contribution in [0.25, 0.3) is 0 Å². The van der Waals surface area contributed by atoms with Crippen molar-refractivity contribution in [2.75, 3.05) is 6.61 Å². The van der Waals surface area contributed by atoms with Gasteiger partial charge in [0.05, 0.1) is 17.5 Å². The first-order valence-corrected chi connectivity index (χ1v) is 12.5. The second-order valence-electron chi connectivity index (χ2n) is 8.03. The van der Waals surface area contributed by atoms with E-state index in [9.17, 15) is 8.42 Å². The topological polar surface area (TPSA) is 46.4 Å². The summed E-state index contributed by atoms with van der Waals surface area (Å²) in [5.74, 6) is 0.